The highest BCUT2D eigenvalue weighted by molar-refractivity contribution is 7.08. The molecule has 0 saturated carbocycles. The summed E-state index contributed by atoms with van der Waals surface area (Å²) in [6, 6.07) is 10.3. The third kappa shape index (κ3) is 2.52. The Morgan fingerprint density at radius 2 is 2.00 bits per heavy atom. The minimum absolute atomic E-state index is 0. The molecule has 5 rings (SSSR count). The summed E-state index contributed by atoms with van der Waals surface area (Å²) in [5, 5.41) is 27.6. The van der Waals surface area contributed by atoms with Crippen molar-refractivity contribution < 1.29 is 5.11 Å². The maximum atomic E-state index is 11.4. The summed E-state index contributed by atoms with van der Waals surface area (Å²) in [7, 11) is 0. The first kappa shape index (κ1) is 17.7. The predicted molar refractivity (Wildman–Crippen MR) is 105 cm³/mol. The van der Waals surface area contributed by atoms with E-state index >= 15 is 0 Å². The van der Waals surface area contributed by atoms with Crippen LogP contribution < -0.4 is 5.32 Å². The van der Waals surface area contributed by atoms with Gasteiger partial charge < -0.3 is 10.4 Å². The van der Waals surface area contributed by atoms with Gasteiger partial charge in [-0.3, -0.25) is 0 Å². The predicted octanol–water partition coefficient (Wildman–Crippen LogP) is 3.01. The molecule has 3 heterocycles. The van der Waals surface area contributed by atoms with Gasteiger partial charge in [0.05, 0.1) is 12.3 Å². The highest BCUT2D eigenvalue weighted by atomic mass is 35.5. The summed E-state index contributed by atoms with van der Waals surface area (Å²) in [4.78, 5) is 0. The van der Waals surface area contributed by atoms with Gasteiger partial charge in [-0.1, -0.05) is 29.5 Å². The Bertz CT molecular complexity index is 889. The van der Waals surface area contributed by atoms with Crippen molar-refractivity contribution in [3.05, 3.63) is 58.4 Å². The van der Waals surface area contributed by atoms with Crippen molar-refractivity contribution in [1.29, 1.82) is 0 Å². The zero-order valence-corrected chi connectivity index (χ0v) is 15.8. The molecule has 1 aromatic carbocycles. The van der Waals surface area contributed by atoms with Gasteiger partial charge in [-0.15, -0.1) is 17.5 Å². The number of thiophene rings is 1. The molecule has 136 valence electrons. The number of fused-ring (bicyclic) bond motifs is 2. The number of hydrogen-bond donors (Lipinski definition) is 2. The Morgan fingerprint density at radius 1 is 1.19 bits per heavy atom. The first-order chi connectivity index (χ1) is 12.3. The van der Waals surface area contributed by atoms with Crippen molar-refractivity contribution in [2.24, 2.45) is 0 Å². The quantitative estimate of drug-likeness (QED) is 0.708. The van der Waals surface area contributed by atoms with Crippen LogP contribution in [0.25, 0.3) is 11.3 Å². The first-order valence-corrected chi connectivity index (χ1v) is 9.66. The van der Waals surface area contributed by atoms with Crippen LogP contribution in [0.15, 0.2) is 47.3 Å². The summed E-state index contributed by atoms with van der Waals surface area (Å²) in [6.07, 6.45) is 3.39. The summed E-state index contributed by atoms with van der Waals surface area (Å²) in [5.74, 6) is 0. The summed E-state index contributed by atoms with van der Waals surface area (Å²) in [6.45, 7) is 1.88. The molecular formula is C19H21ClN4OS. The van der Waals surface area contributed by atoms with Crippen molar-refractivity contribution in [2.45, 2.75) is 30.4 Å². The molecule has 26 heavy (non-hydrogen) atoms. The monoisotopic (exact) mass is 388 g/mol. The van der Waals surface area contributed by atoms with Crippen LogP contribution in [0.1, 0.15) is 30.0 Å². The zero-order chi connectivity index (χ0) is 16.9. The number of aliphatic hydroxyl groups is 1. The topological polar surface area (TPSA) is 63.0 Å². The molecule has 1 saturated heterocycles. The SMILES string of the molecule is Cl.O[C@H]1[C@H](n2cc(-c3ccsc3)nn2)c2ccccc2C12CCNCC2. The van der Waals surface area contributed by atoms with Crippen molar-refractivity contribution in [3.8, 4) is 11.3 Å². The number of rotatable bonds is 2. The molecule has 1 aliphatic carbocycles. The minimum Gasteiger partial charge on any atom is -0.390 e. The molecule has 0 radical (unpaired) electrons. The van der Waals surface area contributed by atoms with E-state index in [1.807, 2.05) is 22.3 Å². The van der Waals surface area contributed by atoms with E-state index in [1.165, 1.54) is 11.1 Å². The molecule has 2 atom stereocenters. The van der Waals surface area contributed by atoms with Gasteiger partial charge in [0.25, 0.3) is 0 Å². The van der Waals surface area contributed by atoms with Gasteiger partial charge >= 0.3 is 0 Å². The van der Waals surface area contributed by atoms with E-state index in [4.69, 9.17) is 0 Å². The van der Waals surface area contributed by atoms with Crippen LogP contribution >= 0.6 is 23.7 Å². The molecule has 7 heteroatoms. The number of nitrogens with zero attached hydrogens (tertiary/aromatic N) is 3. The maximum Gasteiger partial charge on any atom is 0.113 e. The van der Waals surface area contributed by atoms with Crippen molar-refractivity contribution >= 4 is 23.7 Å². The Hall–Kier alpha value is -1.73. The lowest BCUT2D eigenvalue weighted by Gasteiger charge is -2.38. The Balaban J connectivity index is 0.00000168. The summed E-state index contributed by atoms with van der Waals surface area (Å²) < 4.78 is 1.85. The molecule has 2 aliphatic rings. The molecular weight excluding hydrogens is 368 g/mol. The van der Waals surface area contributed by atoms with Gasteiger partial charge in [0.1, 0.15) is 11.7 Å². The van der Waals surface area contributed by atoms with E-state index in [-0.39, 0.29) is 23.9 Å². The average Bonchev–Trinajstić information content (AvgIpc) is 3.37. The van der Waals surface area contributed by atoms with Gasteiger partial charge in [-0.25, -0.2) is 4.68 Å². The normalized spacial score (nSPS) is 23.6. The molecule has 1 spiro atoms. The highest BCUT2D eigenvalue weighted by Gasteiger charge is 2.52. The van der Waals surface area contributed by atoms with E-state index in [0.717, 1.165) is 37.2 Å². The molecule has 0 unspecified atom stereocenters. The number of nitrogens with one attached hydrogen (secondary N) is 1. The minimum atomic E-state index is -0.482. The Kier molecular flexibility index (Phi) is 4.61. The van der Waals surface area contributed by atoms with E-state index in [0.29, 0.717) is 0 Å². The Morgan fingerprint density at radius 3 is 2.77 bits per heavy atom. The third-order valence-corrected chi connectivity index (χ3v) is 6.47. The molecule has 1 aliphatic heterocycles. The number of piperidine rings is 1. The lowest BCUT2D eigenvalue weighted by Crippen LogP contribution is -2.47. The fourth-order valence-electron chi connectivity index (χ4n) is 4.52. The van der Waals surface area contributed by atoms with Gasteiger partial charge in [-0.05, 0) is 48.5 Å². The maximum absolute atomic E-state index is 11.4. The fourth-order valence-corrected chi connectivity index (χ4v) is 5.17. The average molecular weight is 389 g/mol. The van der Waals surface area contributed by atoms with Gasteiger partial charge in [0.15, 0.2) is 0 Å². The van der Waals surface area contributed by atoms with Gasteiger partial charge in [-0.2, -0.15) is 11.3 Å². The number of aromatic nitrogens is 3. The van der Waals surface area contributed by atoms with Crippen LogP contribution in [0, 0.1) is 0 Å². The van der Waals surface area contributed by atoms with Crippen LogP contribution in [0.2, 0.25) is 0 Å². The smallest absolute Gasteiger partial charge is 0.113 e. The first-order valence-electron chi connectivity index (χ1n) is 8.72. The number of aliphatic hydroxyl groups excluding tert-OH is 1. The molecule has 3 aromatic rings. The second-order valence-corrected chi connectivity index (χ2v) is 7.76. The lowest BCUT2D eigenvalue weighted by atomic mass is 9.72. The van der Waals surface area contributed by atoms with Crippen LogP contribution in [0.5, 0.6) is 0 Å². The highest BCUT2D eigenvalue weighted by Crippen LogP contribution is 2.51. The fraction of sp³-hybridized carbons (Fsp3) is 0.368. The number of hydrogen-bond acceptors (Lipinski definition) is 5. The number of halogens is 1. The number of benzene rings is 1. The van der Waals surface area contributed by atoms with Crippen molar-refractivity contribution in [1.82, 2.24) is 20.3 Å². The summed E-state index contributed by atoms with van der Waals surface area (Å²) >= 11 is 1.65. The lowest BCUT2D eigenvalue weighted by molar-refractivity contribution is 0.0421. The largest absolute Gasteiger partial charge is 0.390 e. The molecule has 0 bridgehead atoms. The Labute approximate surface area is 162 Å². The standard InChI is InChI=1S/C19H20N4OS.ClH/c24-18-17(23-11-16(21-22-23)13-5-10-25-12-13)14-3-1-2-4-15(14)19(18)6-8-20-9-7-19;/h1-5,10-12,17-18,20,24H,6-9H2;1H/t17-,18+;/m1./s1. The van der Waals surface area contributed by atoms with E-state index in [1.54, 1.807) is 11.3 Å². The van der Waals surface area contributed by atoms with E-state index in [9.17, 15) is 5.11 Å². The zero-order valence-electron chi connectivity index (χ0n) is 14.2. The molecule has 5 nitrogen and oxygen atoms in total. The van der Waals surface area contributed by atoms with Crippen molar-refractivity contribution in [2.75, 3.05) is 13.1 Å². The van der Waals surface area contributed by atoms with Gasteiger partial charge in [0, 0.05) is 16.4 Å². The van der Waals surface area contributed by atoms with Crippen LogP contribution in [-0.4, -0.2) is 39.3 Å². The van der Waals surface area contributed by atoms with Crippen molar-refractivity contribution in [3.63, 3.8) is 0 Å². The van der Waals surface area contributed by atoms with Crippen LogP contribution in [-0.2, 0) is 5.41 Å². The molecule has 2 aromatic heterocycles. The van der Waals surface area contributed by atoms with E-state index < -0.39 is 6.10 Å². The van der Waals surface area contributed by atoms with Crippen LogP contribution in [0.4, 0.5) is 0 Å². The van der Waals surface area contributed by atoms with Crippen LogP contribution in [0.3, 0.4) is 0 Å². The third-order valence-electron chi connectivity index (χ3n) is 5.79. The van der Waals surface area contributed by atoms with E-state index in [2.05, 4.69) is 45.3 Å². The molecule has 2 N–H and O–H groups in total. The molecule has 0 amide bonds. The van der Waals surface area contributed by atoms with Gasteiger partial charge in [0.2, 0.25) is 0 Å². The second-order valence-electron chi connectivity index (χ2n) is 6.98. The molecule has 1 fully saturated rings. The second kappa shape index (κ2) is 6.78. The summed E-state index contributed by atoms with van der Waals surface area (Å²) in [5.41, 5.74) is 4.21.